The summed E-state index contributed by atoms with van der Waals surface area (Å²) in [5, 5.41) is 4.62. The molecule has 0 saturated heterocycles. The molecule has 0 fully saturated rings. The molecule has 0 amide bonds. The molecule has 1 N–H and O–H groups in total. The summed E-state index contributed by atoms with van der Waals surface area (Å²) in [6.45, 7) is 7.59. The third kappa shape index (κ3) is 1.74. The van der Waals surface area contributed by atoms with Crippen LogP contribution in [0.4, 0.5) is 0 Å². The standard InChI is InChI=1S/C14H20N2/c1-5-16-10(2)8-13-9-12(11(3)15-4)6-7-14(13)16/h6-9,11,15H,5H2,1-4H3. The van der Waals surface area contributed by atoms with Crippen LogP contribution in [0.1, 0.15) is 31.1 Å². The Morgan fingerprint density at radius 3 is 2.69 bits per heavy atom. The zero-order chi connectivity index (χ0) is 11.7. The predicted molar refractivity (Wildman–Crippen MR) is 69.8 cm³/mol. The van der Waals surface area contributed by atoms with Crippen LogP contribution in [0, 0.1) is 6.92 Å². The number of aryl methyl sites for hydroxylation is 2. The summed E-state index contributed by atoms with van der Waals surface area (Å²) in [6, 6.07) is 9.42. The van der Waals surface area contributed by atoms with Gasteiger partial charge >= 0.3 is 0 Å². The van der Waals surface area contributed by atoms with E-state index in [9.17, 15) is 0 Å². The SMILES string of the molecule is CCn1c(C)cc2cc(C(C)NC)ccc21. The zero-order valence-corrected chi connectivity index (χ0v) is 10.5. The van der Waals surface area contributed by atoms with Gasteiger partial charge in [0.05, 0.1) is 0 Å². The first-order chi connectivity index (χ1) is 7.67. The van der Waals surface area contributed by atoms with Crippen LogP contribution in [0.2, 0.25) is 0 Å². The minimum atomic E-state index is 0.412. The molecule has 86 valence electrons. The summed E-state index contributed by atoms with van der Waals surface area (Å²) in [6.07, 6.45) is 0. The van der Waals surface area contributed by atoms with Crippen molar-refractivity contribution in [3.05, 3.63) is 35.5 Å². The molecule has 0 aliphatic carbocycles. The molecular weight excluding hydrogens is 196 g/mol. The van der Waals surface area contributed by atoms with Gasteiger partial charge in [-0.2, -0.15) is 0 Å². The minimum absolute atomic E-state index is 0.412. The quantitative estimate of drug-likeness (QED) is 0.833. The van der Waals surface area contributed by atoms with Crippen molar-refractivity contribution >= 4 is 10.9 Å². The second kappa shape index (κ2) is 4.30. The Labute approximate surface area is 97.3 Å². The van der Waals surface area contributed by atoms with Crippen molar-refractivity contribution in [1.82, 2.24) is 9.88 Å². The molecule has 1 aromatic carbocycles. The number of nitrogens with one attached hydrogen (secondary N) is 1. The molecule has 0 saturated carbocycles. The van der Waals surface area contributed by atoms with Crippen LogP contribution in [-0.2, 0) is 6.54 Å². The van der Waals surface area contributed by atoms with E-state index in [1.807, 2.05) is 7.05 Å². The van der Waals surface area contributed by atoms with E-state index in [4.69, 9.17) is 0 Å². The van der Waals surface area contributed by atoms with Crippen LogP contribution in [0.15, 0.2) is 24.3 Å². The third-order valence-corrected chi connectivity index (χ3v) is 3.38. The normalized spacial score (nSPS) is 13.2. The van der Waals surface area contributed by atoms with Crippen molar-refractivity contribution in [3.8, 4) is 0 Å². The van der Waals surface area contributed by atoms with Crippen molar-refractivity contribution in [3.63, 3.8) is 0 Å². The average Bonchev–Trinajstić information content (AvgIpc) is 2.62. The van der Waals surface area contributed by atoms with Gasteiger partial charge in [-0.05, 0) is 51.6 Å². The van der Waals surface area contributed by atoms with Crippen LogP contribution in [-0.4, -0.2) is 11.6 Å². The summed E-state index contributed by atoms with van der Waals surface area (Å²) in [5.74, 6) is 0. The Balaban J connectivity index is 2.55. The fraction of sp³-hybridized carbons (Fsp3) is 0.429. The van der Waals surface area contributed by atoms with Crippen molar-refractivity contribution in [1.29, 1.82) is 0 Å². The van der Waals surface area contributed by atoms with E-state index in [0.29, 0.717) is 6.04 Å². The van der Waals surface area contributed by atoms with Crippen LogP contribution in [0.3, 0.4) is 0 Å². The highest BCUT2D eigenvalue weighted by molar-refractivity contribution is 5.82. The topological polar surface area (TPSA) is 17.0 Å². The molecule has 1 unspecified atom stereocenters. The molecule has 1 atom stereocenters. The smallest absolute Gasteiger partial charge is 0.0482 e. The molecule has 2 nitrogen and oxygen atoms in total. The second-order valence-corrected chi connectivity index (χ2v) is 4.36. The number of hydrogen-bond acceptors (Lipinski definition) is 1. The lowest BCUT2D eigenvalue weighted by molar-refractivity contribution is 0.653. The molecule has 2 rings (SSSR count). The highest BCUT2D eigenvalue weighted by Crippen LogP contribution is 2.23. The van der Waals surface area contributed by atoms with Crippen molar-refractivity contribution < 1.29 is 0 Å². The monoisotopic (exact) mass is 216 g/mol. The van der Waals surface area contributed by atoms with Gasteiger partial charge in [0.1, 0.15) is 0 Å². The lowest BCUT2D eigenvalue weighted by Crippen LogP contribution is -2.11. The molecule has 2 aromatic rings. The summed E-state index contributed by atoms with van der Waals surface area (Å²) in [7, 11) is 2.00. The van der Waals surface area contributed by atoms with Crippen molar-refractivity contribution in [2.75, 3.05) is 7.05 Å². The number of fused-ring (bicyclic) bond motifs is 1. The van der Waals surface area contributed by atoms with E-state index >= 15 is 0 Å². The fourth-order valence-electron chi connectivity index (χ4n) is 2.28. The lowest BCUT2D eigenvalue weighted by atomic mass is 10.1. The summed E-state index contributed by atoms with van der Waals surface area (Å²) in [4.78, 5) is 0. The maximum Gasteiger partial charge on any atom is 0.0482 e. The second-order valence-electron chi connectivity index (χ2n) is 4.36. The van der Waals surface area contributed by atoms with Gasteiger partial charge in [-0.25, -0.2) is 0 Å². The Morgan fingerprint density at radius 2 is 2.06 bits per heavy atom. The van der Waals surface area contributed by atoms with Gasteiger partial charge in [0, 0.05) is 29.2 Å². The lowest BCUT2D eigenvalue weighted by Gasteiger charge is -2.11. The van der Waals surface area contributed by atoms with Crippen LogP contribution < -0.4 is 5.32 Å². The first-order valence-electron chi connectivity index (χ1n) is 5.94. The van der Waals surface area contributed by atoms with Gasteiger partial charge < -0.3 is 9.88 Å². The van der Waals surface area contributed by atoms with Crippen LogP contribution in [0.25, 0.3) is 10.9 Å². The van der Waals surface area contributed by atoms with E-state index in [2.05, 4.69) is 54.9 Å². The van der Waals surface area contributed by atoms with Gasteiger partial charge in [-0.1, -0.05) is 6.07 Å². The van der Waals surface area contributed by atoms with Gasteiger partial charge in [0.2, 0.25) is 0 Å². The van der Waals surface area contributed by atoms with Crippen molar-refractivity contribution in [2.24, 2.45) is 0 Å². The Hall–Kier alpha value is -1.28. The molecule has 16 heavy (non-hydrogen) atoms. The maximum absolute atomic E-state index is 3.27. The largest absolute Gasteiger partial charge is 0.345 e. The number of nitrogens with zero attached hydrogens (tertiary/aromatic N) is 1. The maximum atomic E-state index is 3.27. The Bertz CT molecular complexity index is 497. The molecule has 2 heteroatoms. The van der Waals surface area contributed by atoms with Crippen molar-refractivity contribution in [2.45, 2.75) is 33.4 Å². The Morgan fingerprint density at radius 1 is 1.31 bits per heavy atom. The molecule has 0 bridgehead atoms. The zero-order valence-electron chi connectivity index (χ0n) is 10.5. The molecule has 0 aliphatic rings. The van der Waals surface area contributed by atoms with E-state index in [1.165, 1.54) is 22.2 Å². The first-order valence-corrected chi connectivity index (χ1v) is 5.94. The Kier molecular flexibility index (Phi) is 3.01. The highest BCUT2D eigenvalue weighted by Gasteiger charge is 2.07. The van der Waals surface area contributed by atoms with Gasteiger partial charge in [0.25, 0.3) is 0 Å². The minimum Gasteiger partial charge on any atom is -0.345 e. The van der Waals surface area contributed by atoms with Gasteiger partial charge in [0.15, 0.2) is 0 Å². The van der Waals surface area contributed by atoms with Gasteiger partial charge in [-0.15, -0.1) is 0 Å². The molecule has 0 radical (unpaired) electrons. The molecule has 1 aromatic heterocycles. The predicted octanol–water partition coefficient (Wildman–Crippen LogP) is 3.25. The highest BCUT2D eigenvalue weighted by atomic mass is 15.0. The van der Waals surface area contributed by atoms with Crippen LogP contribution in [0.5, 0.6) is 0 Å². The third-order valence-electron chi connectivity index (χ3n) is 3.38. The fourth-order valence-corrected chi connectivity index (χ4v) is 2.28. The average molecular weight is 216 g/mol. The summed E-state index contributed by atoms with van der Waals surface area (Å²) >= 11 is 0. The van der Waals surface area contributed by atoms with Gasteiger partial charge in [-0.3, -0.25) is 0 Å². The summed E-state index contributed by atoms with van der Waals surface area (Å²) in [5.41, 5.74) is 4.03. The molecule has 1 heterocycles. The number of hydrogen-bond donors (Lipinski definition) is 1. The number of aromatic nitrogens is 1. The summed E-state index contributed by atoms with van der Waals surface area (Å²) < 4.78 is 2.35. The van der Waals surface area contributed by atoms with E-state index in [1.54, 1.807) is 0 Å². The molecular formula is C14H20N2. The number of rotatable bonds is 3. The number of benzene rings is 1. The molecule has 0 aliphatic heterocycles. The molecule has 0 spiro atoms. The van der Waals surface area contributed by atoms with Crippen LogP contribution >= 0.6 is 0 Å². The van der Waals surface area contributed by atoms with E-state index < -0.39 is 0 Å². The van der Waals surface area contributed by atoms with E-state index in [0.717, 1.165) is 6.54 Å². The van der Waals surface area contributed by atoms with E-state index in [-0.39, 0.29) is 0 Å². The first kappa shape index (κ1) is 11.2.